The first-order chi connectivity index (χ1) is 11.0. The summed E-state index contributed by atoms with van der Waals surface area (Å²) in [5.41, 5.74) is 0.729. The molecule has 1 atom stereocenters. The first kappa shape index (κ1) is 16.9. The van der Waals surface area contributed by atoms with Gasteiger partial charge in [-0.05, 0) is 50.6 Å². The lowest BCUT2D eigenvalue weighted by atomic mass is 10.2. The molecule has 7 nitrogen and oxygen atoms in total. The third kappa shape index (κ3) is 4.76. The molecule has 1 aromatic heterocycles. The van der Waals surface area contributed by atoms with Crippen molar-refractivity contribution >= 4 is 28.7 Å². The quantitative estimate of drug-likeness (QED) is 0.477. The summed E-state index contributed by atoms with van der Waals surface area (Å²) in [6.07, 6.45) is 1.64. The molecule has 0 amide bonds. The van der Waals surface area contributed by atoms with Crippen molar-refractivity contribution in [2.75, 3.05) is 26.0 Å². The molecule has 0 radical (unpaired) electrons. The molecule has 0 aliphatic rings. The predicted molar refractivity (Wildman–Crippen MR) is 92.5 cm³/mol. The van der Waals surface area contributed by atoms with E-state index in [9.17, 15) is 10.1 Å². The van der Waals surface area contributed by atoms with Crippen molar-refractivity contribution in [2.24, 2.45) is 0 Å². The largest absolute Gasteiger partial charge is 0.468 e. The second kappa shape index (κ2) is 7.70. The van der Waals surface area contributed by atoms with Crippen molar-refractivity contribution in [3.63, 3.8) is 0 Å². The number of benzene rings is 1. The molecule has 0 saturated carbocycles. The highest BCUT2D eigenvalue weighted by atomic mass is 32.1. The third-order valence-corrected chi connectivity index (χ3v) is 3.53. The van der Waals surface area contributed by atoms with Crippen molar-refractivity contribution in [2.45, 2.75) is 6.04 Å². The number of hydrogen-bond acceptors (Lipinski definition) is 5. The lowest BCUT2D eigenvalue weighted by Crippen LogP contribution is -2.36. The molecular weight excluding hydrogens is 316 g/mol. The molecule has 0 bridgehead atoms. The van der Waals surface area contributed by atoms with Crippen LogP contribution in [0.2, 0.25) is 0 Å². The minimum atomic E-state index is -0.439. The monoisotopic (exact) mass is 334 g/mol. The number of anilines is 1. The van der Waals surface area contributed by atoms with Gasteiger partial charge in [-0.25, -0.2) is 0 Å². The van der Waals surface area contributed by atoms with Gasteiger partial charge in [0.1, 0.15) is 5.76 Å². The minimum absolute atomic E-state index is 0.0416. The Hall–Kier alpha value is -2.45. The summed E-state index contributed by atoms with van der Waals surface area (Å²) in [4.78, 5) is 12.2. The van der Waals surface area contributed by atoms with Crippen LogP contribution >= 0.6 is 12.2 Å². The van der Waals surface area contributed by atoms with Crippen LogP contribution in [0, 0.1) is 10.1 Å². The first-order valence-electron chi connectivity index (χ1n) is 6.96. The van der Waals surface area contributed by atoms with Gasteiger partial charge in [0.05, 0.1) is 17.2 Å². The first-order valence-corrected chi connectivity index (χ1v) is 7.37. The third-order valence-electron chi connectivity index (χ3n) is 3.29. The Morgan fingerprint density at radius 1 is 1.35 bits per heavy atom. The fourth-order valence-corrected chi connectivity index (χ4v) is 2.25. The number of nitrogens with zero attached hydrogens (tertiary/aromatic N) is 2. The van der Waals surface area contributed by atoms with Crippen LogP contribution in [0.4, 0.5) is 11.4 Å². The summed E-state index contributed by atoms with van der Waals surface area (Å²) < 4.78 is 5.43. The van der Waals surface area contributed by atoms with Gasteiger partial charge in [0.2, 0.25) is 0 Å². The summed E-state index contributed by atoms with van der Waals surface area (Å²) >= 11 is 5.25. The summed E-state index contributed by atoms with van der Waals surface area (Å²) in [5.74, 6) is 0.848. The highest BCUT2D eigenvalue weighted by Crippen LogP contribution is 2.18. The molecular formula is C15H18N4O3S. The van der Waals surface area contributed by atoms with Crippen molar-refractivity contribution < 1.29 is 9.34 Å². The number of non-ortho nitro benzene ring substituents is 1. The number of nitrogens with one attached hydrogen (secondary N) is 2. The number of furan rings is 1. The van der Waals surface area contributed by atoms with E-state index in [1.165, 1.54) is 12.1 Å². The minimum Gasteiger partial charge on any atom is -0.468 e. The van der Waals surface area contributed by atoms with E-state index < -0.39 is 4.92 Å². The molecule has 8 heteroatoms. The molecule has 0 saturated heterocycles. The lowest BCUT2D eigenvalue weighted by molar-refractivity contribution is -0.384. The lowest BCUT2D eigenvalue weighted by Gasteiger charge is -2.23. The topological polar surface area (TPSA) is 83.6 Å². The summed E-state index contributed by atoms with van der Waals surface area (Å²) in [7, 11) is 3.92. The Morgan fingerprint density at radius 3 is 2.57 bits per heavy atom. The van der Waals surface area contributed by atoms with E-state index in [0.717, 1.165) is 5.76 Å². The number of hydrogen-bond donors (Lipinski definition) is 2. The second-order valence-electron chi connectivity index (χ2n) is 5.13. The van der Waals surface area contributed by atoms with Crippen LogP contribution in [0.1, 0.15) is 11.8 Å². The fraction of sp³-hybridized carbons (Fsp3) is 0.267. The van der Waals surface area contributed by atoms with Gasteiger partial charge in [-0.3, -0.25) is 15.0 Å². The van der Waals surface area contributed by atoms with E-state index >= 15 is 0 Å². The SMILES string of the molecule is CN(C)[C@H](CNC(=S)Nc1ccc([N+](=O)[O-])cc1)c1ccco1. The highest BCUT2D eigenvalue weighted by Gasteiger charge is 2.17. The molecule has 0 spiro atoms. The van der Waals surface area contributed by atoms with Gasteiger partial charge in [-0.2, -0.15) is 0 Å². The van der Waals surface area contributed by atoms with E-state index in [0.29, 0.717) is 17.3 Å². The maximum atomic E-state index is 10.6. The molecule has 2 rings (SSSR count). The Balaban J connectivity index is 1.90. The molecule has 0 aliphatic heterocycles. The van der Waals surface area contributed by atoms with Crippen LogP contribution < -0.4 is 10.6 Å². The zero-order chi connectivity index (χ0) is 16.8. The number of likely N-dealkylation sites (N-methyl/N-ethyl adjacent to an activating group) is 1. The predicted octanol–water partition coefficient (Wildman–Crippen LogP) is 2.78. The van der Waals surface area contributed by atoms with Crippen LogP contribution in [0.3, 0.4) is 0 Å². The van der Waals surface area contributed by atoms with Gasteiger partial charge in [0.25, 0.3) is 5.69 Å². The van der Waals surface area contributed by atoms with Gasteiger partial charge in [0, 0.05) is 24.4 Å². The number of nitro groups is 1. The van der Waals surface area contributed by atoms with Crippen molar-refractivity contribution in [1.82, 2.24) is 10.2 Å². The van der Waals surface area contributed by atoms with E-state index in [4.69, 9.17) is 16.6 Å². The molecule has 0 fully saturated rings. The summed E-state index contributed by atoms with van der Waals surface area (Å²) in [5, 5.41) is 17.2. The zero-order valence-electron chi connectivity index (χ0n) is 12.9. The van der Waals surface area contributed by atoms with Gasteiger partial charge < -0.3 is 15.1 Å². The number of thiocarbonyl (C=S) groups is 1. The average molecular weight is 334 g/mol. The van der Waals surface area contributed by atoms with E-state index in [1.807, 2.05) is 31.1 Å². The standard InChI is InChI=1S/C15H18N4O3S/c1-18(2)13(14-4-3-9-22-14)10-16-15(23)17-11-5-7-12(8-6-11)19(20)21/h3-9,13H,10H2,1-2H3,(H2,16,17,23)/t13-/m1/s1. The Morgan fingerprint density at radius 2 is 2.04 bits per heavy atom. The van der Waals surface area contributed by atoms with Gasteiger partial charge in [-0.1, -0.05) is 0 Å². The zero-order valence-corrected chi connectivity index (χ0v) is 13.7. The smallest absolute Gasteiger partial charge is 0.269 e. The molecule has 0 unspecified atom stereocenters. The Kier molecular flexibility index (Phi) is 5.67. The Labute approximate surface area is 139 Å². The second-order valence-corrected chi connectivity index (χ2v) is 5.54. The molecule has 2 N–H and O–H groups in total. The van der Waals surface area contributed by atoms with Crippen molar-refractivity contribution in [1.29, 1.82) is 0 Å². The summed E-state index contributed by atoms with van der Waals surface area (Å²) in [6.45, 7) is 0.569. The fourth-order valence-electron chi connectivity index (χ4n) is 2.05. The van der Waals surface area contributed by atoms with Gasteiger partial charge in [0.15, 0.2) is 5.11 Å². The van der Waals surface area contributed by atoms with Crippen LogP contribution in [0.5, 0.6) is 0 Å². The maximum absolute atomic E-state index is 10.6. The molecule has 0 aliphatic carbocycles. The summed E-state index contributed by atoms with van der Waals surface area (Å²) in [6, 6.07) is 9.89. The van der Waals surface area contributed by atoms with E-state index in [-0.39, 0.29) is 11.7 Å². The number of rotatable bonds is 6. The maximum Gasteiger partial charge on any atom is 0.269 e. The van der Waals surface area contributed by atoms with E-state index in [1.54, 1.807) is 18.4 Å². The molecule has 122 valence electrons. The molecule has 23 heavy (non-hydrogen) atoms. The average Bonchev–Trinajstić information content (AvgIpc) is 3.01. The van der Waals surface area contributed by atoms with Gasteiger partial charge in [-0.15, -0.1) is 0 Å². The Bertz CT molecular complexity index is 656. The van der Waals surface area contributed by atoms with Gasteiger partial charge >= 0.3 is 0 Å². The van der Waals surface area contributed by atoms with Crippen LogP contribution in [-0.4, -0.2) is 35.6 Å². The van der Waals surface area contributed by atoms with Crippen molar-refractivity contribution in [3.8, 4) is 0 Å². The highest BCUT2D eigenvalue weighted by molar-refractivity contribution is 7.80. The molecule has 1 heterocycles. The molecule has 2 aromatic rings. The van der Waals surface area contributed by atoms with Crippen LogP contribution in [0.15, 0.2) is 47.1 Å². The van der Waals surface area contributed by atoms with Crippen LogP contribution in [-0.2, 0) is 0 Å². The van der Waals surface area contributed by atoms with E-state index in [2.05, 4.69) is 10.6 Å². The molecule has 1 aromatic carbocycles. The number of nitro benzene ring substituents is 1. The van der Waals surface area contributed by atoms with Crippen LogP contribution in [0.25, 0.3) is 0 Å². The van der Waals surface area contributed by atoms with Crippen molar-refractivity contribution in [3.05, 3.63) is 58.5 Å². The normalized spacial score (nSPS) is 12.0.